The third-order valence-electron chi connectivity index (χ3n) is 7.94. The lowest BCUT2D eigenvalue weighted by Crippen LogP contribution is -2.38. The minimum atomic E-state index is -2.81. The van der Waals surface area contributed by atoms with Gasteiger partial charge in [0.25, 0.3) is 33.5 Å². The second-order valence-electron chi connectivity index (χ2n) is 11.1. The first-order valence-electron chi connectivity index (χ1n) is 12.2. The van der Waals surface area contributed by atoms with Gasteiger partial charge >= 0.3 is 0 Å². The Bertz CT molecular complexity index is 906. The van der Waals surface area contributed by atoms with E-state index in [-0.39, 0.29) is 27.7 Å². The average molecular weight is 798 g/mol. The zero-order valence-corrected chi connectivity index (χ0v) is 35.7. The third kappa shape index (κ3) is 9.10. The monoisotopic (exact) mass is 792 g/mol. The van der Waals surface area contributed by atoms with Crippen molar-refractivity contribution in [3.05, 3.63) is 33.4 Å². The summed E-state index contributed by atoms with van der Waals surface area (Å²) in [5.74, 6) is 0. The van der Waals surface area contributed by atoms with Crippen LogP contribution in [0.25, 0.3) is 0 Å². The molecule has 0 aromatic heterocycles. The smallest absolute Gasteiger partial charge is 0.145 e. The fourth-order valence-corrected chi connectivity index (χ4v) is 12.3. The standard InChI is InChI=1S/C22H38Cl10Si5/c1-12-18(13(2)33(7,23)24)20(15(4)35(9,27)28)22(17(6)37(11,31)32)21(16(5)36(10,29)30)19(12)14(3)34(8,25)26/h13-17H,1-11H3. The second-order valence-corrected chi connectivity index (χ2v) is 51.4. The van der Waals surface area contributed by atoms with Gasteiger partial charge in [0.15, 0.2) is 0 Å². The quantitative estimate of drug-likeness (QED) is 0.163. The van der Waals surface area contributed by atoms with Crippen molar-refractivity contribution in [1.82, 2.24) is 0 Å². The summed E-state index contributed by atoms with van der Waals surface area (Å²) in [5.41, 5.74) is 5.40. The van der Waals surface area contributed by atoms with Gasteiger partial charge in [-0.1, -0.05) is 34.6 Å². The van der Waals surface area contributed by atoms with Crippen molar-refractivity contribution in [3.63, 3.8) is 0 Å². The van der Waals surface area contributed by atoms with E-state index in [1.165, 1.54) is 0 Å². The van der Waals surface area contributed by atoms with Crippen molar-refractivity contribution in [2.45, 2.75) is 102 Å². The summed E-state index contributed by atoms with van der Waals surface area (Å²) in [6.07, 6.45) is 0. The maximum absolute atomic E-state index is 6.99. The Morgan fingerprint density at radius 3 is 0.649 bits per heavy atom. The highest BCUT2D eigenvalue weighted by Gasteiger charge is 2.48. The maximum Gasteiger partial charge on any atom is 0.255 e. The summed E-state index contributed by atoms with van der Waals surface area (Å²) in [5, 5.41) is 0. The zero-order chi connectivity index (χ0) is 29.9. The van der Waals surface area contributed by atoms with Crippen LogP contribution in [-0.4, -0.2) is 33.5 Å². The normalized spacial score (nSPS) is 18.4. The molecule has 5 atom stereocenters. The predicted octanol–water partition coefficient (Wildman–Crippen LogP) is 13.0. The molecule has 0 aliphatic heterocycles. The molecule has 0 aliphatic rings. The first-order valence-corrected chi connectivity index (χ1v) is 35.2. The van der Waals surface area contributed by atoms with Gasteiger partial charge in [-0.25, -0.2) is 0 Å². The Kier molecular flexibility index (Phi) is 13.5. The van der Waals surface area contributed by atoms with Crippen LogP contribution in [0.3, 0.4) is 0 Å². The predicted molar refractivity (Wildman–Crippen MR) is 190 cm³/mol. The minimum Gasteiger partial charge on any atom is -0.145 e. The van der Waals surface area contributed by atoms with Gasteiger partial charge in [-0.2, -0.15) is 0 Å². The Balaban J connectivity index is 4.77. The van der Waals surface area contributed by atoms with E-state index in [0.29, 0.717) is 0 Å². The lowest BCUT2D eigenvalue weighted by atomic mass is 9.81. The number of halogens is 10. The van der Waals surface area contributed by atoms with E-state index in [0.717, 1.165) is 33.4 Å². The van der Waals surface area contributed by atoms with Crippen LogP contribution >= 0.6 is 111 Å². The molecule has 0 saturated heterocycles. The molecule has 1 aromatic carbocycles. The van der Waals surface area contributed by atoms with E-state index in [1.807, 2.05) is 32.7 Å². The molecule has 0 spiro atoms. The molecular weight excluding hydrogens is 759 g/mol. The van der Waals surface area contributed by atoms with Gasteiger partial charge in [-0.05, 0) is 73.0 Å². The van der Waals surface area contributed by atoms with Crippen LogP contribution in [0.5, 0.6) is 0 Å². The molecule has 1 rings (SSSR count). The molecule has 37 heavy (non-hydrogen) atoms. The molecule has 0 N–H and O–H groups in total. The van der Waals surface area contributed by atoms with Crippen LogP contribution in [0.1, 0.15) is 95.7 Å². The van der Waals surface area contributed by atoms with Crippen LogP contribution in [0.4, 0.5) is 0 Å². The minimum absolute atomic E-state index is 0.146. The summed E-state index contributed by atoms with van der Waals surface area (Å²) in [7, 11) is 0. The molecule has 0 aliphatic carbocycles. The average Bonchev–Trinajstić information content (AvgIpc) is 2.66. The van der Waals surface area contributed by atoms with E-state index in [1.54, 1.807) is 0 Å². The largest absolute Gasteiger partial charge is 0.255 e. The van der Waals surface area contributed by atoms with Crippen LogP contribution in [0, 0.1) is 6.92 Å². The molecule has 5 unspecified atom stereocenters. The second kappa shape index (κ2) is 13.1. The van der Waals surface area contributed by atoms with Crippen molar-refractivity contribution in [2.24, 2.45) is 0 Å². The van der Waals surface area contributed by atoms with Crippen molar-refractivity contribution >= 4 is 144 Å². The fraction of sp³-hybridized carbons (Fsp3) is 0.727. The van der Waals surface area contributed by atoms with Crippen LogP contribution in [0.15, 0.2) is 0 Å². The summed E-state index contributed by atoms with van der Waals surface area (Å²) in [6.45, 7) is 8.30. The molecule has 216 valence electrons. The Labute approximate surface area is 276 Å². The molecule has 15 heteroatoms. The first-order chi connectivity index (χ1) is 16.1. The highest BCUT2D eigenvalue weighted by Crippen LogP contribution is 2.54. The van der Waals surface area contributed by atoms with Crippen LogP contribution < -0.4 is 0 Å². The Morgan fingerprint density at radius 1 is 0.351 bits per heavy atom. The van der Waals surface area contributed by atoms with Gasteiger partial charge in [0.1, 0.15) is 0 Å². The molecule has 0 heterocycles. The van der Waals surface area contributed by atoms with Gasteiger partial charge in [-0.15, -0.1) is 111 Å². The molecule has 1 aromatic rings. The van der Waals surface area contributed by atoms with Gasteiger partial charge < -0.3 is 0 Å². The van der Waals surface area contributed by atoms with Crippen molar-refractivity contribution < 1.29 is 0 Å². The van der Waals surface area contributed by atoms with Crippen molar-refractivity contribution in [3.8, 4) is 0 Å². The summed E-state index contributed by atoms with van der Waals surface area (Å²) < 4.78 is 0. The molecular formula is C22H38Cl10Si5. The molecule has 0 radical (unpaired) electrons. The van der Waals surface area contributed by atoms with Gasteiger partial charge in [0.05, 0.1) is 0 Å². The SMILES string of the molecule is Cc1c(C(C)[Si](C)(Cl)Cl)c(C(C)[Si](C)(Cl)Cl)c(C(C)[Si](C)(Cl)Cl)c(C(C)[Si](C)(Cl)Cl)c1C(C)[Si](C)(Cl)Cl. The molecule has 0 amide bonds. The number of benzene rings is 1. The highest BCUT2D eigenvalue weighted by molar-refractivity contribution is 7.47. The molecule has 0 fully saturated rings. The molecule has 0 nitrogen and oxygen atoms in total. The lowest BCUT2D eigenvalue weighted by molar-refractivity contribution is 0.832. The van der Waals surface area contributed by atoms with E-state index in [4.69, 9.17) is 111 Å². The summed E-state index contributed by atoms with van der Waals surface area (Å²) >= 11 is 69.6. The number of hydrogen-bond donors (Lipinski definition) is 0. The van der Waals surface area contributed by atoms with Crippen LogP contribution in [-0.2, 0) is 0 Å². The lowest BCUT2D eigenvalue weighted by Gasteiger charge is -2.41. The van der Waals surface area contributed by atoms with E-state index in [9.17, 15) is 0 Å². The van der Waals surface area contributed by atoms with E-state index >= 15 is 0 Å². The van der Waals surface area contributed by atoms with Gasteiger partial charge in [0.2, 0.25) is 0 Å². The first kappa shape index (κ1) is 38.2. The van der Waals surface area contributed by atoms with Crippen LogP contribution in [0.2, 0.25) is 32.7 Å². The number of rotatable bonds is 10. The molecule has 0 bridgehead atoms. The van der Waals surface area contributed by atoms with E-state index < -0.39 is 33.5 Å². The maximum atomic E-state index is 6.99. The number of hydrogen-bond acceptors (Lipinski definition) is 0. The molecule has 0 saturated carbocycles. The van der Waals surface area contributed by atoms with Crippen molar-refractivity contribution in [2.75, 3.05) is 0 Å². The zero-order valence-electron chi connectivity index (χ0n) is 23.2. The summed E-state index contributed by atoms with van der Waals surface area (Å²) in [6, 6.07) is 0. The topological polar surface area (TPSA) is 0 Å². The summed E-state index contributed by atoms with van der Waals surface area (Å²) in [4.78, 5) is 0. The van der Waals surface area contributed by atoms with E-state index in [2.05, 4.69) is 41.5 Å². The Hall–Kier alpha value is 3.20. The van der Waals surface area contributed by atoms with Gasteiger partial charge in [0, 0.05) is 27.7 Å². The van der Waals surface area contributed by atoms with Crippen molar-refractivity contribution in [1.29, 1.82) is 0 Å². The van der Waals surface area contributed by atoms with Gasteiger partial charge in [-0.3, -0.25) is 0 Å². The fourth-order valence-electron chi connectivity index (χ4n) is 4.77. The Morgan fingerprint density at radius 2 is 0.486 bits per heavy atom. The highest BCUT2D eigenvalue weighted by atomic mass is 35.7. The third-order valence-corrected chi connectivity index (χ3v) is 26.8.